The molecular formula is C13H21NO7S. The average molecular weight is 335 g/mol. The molecule has 0 aromatic carbocycles. The Labute approximate surface area is 130 Å². The van der Waals surface area contributed by atoms with E-state index in [1.807, 2.05) is 42.1 Å². The Balaban J connectivity index is 0.000000433. The van der Waals surface area contributed by atoms with Gasteiger partial charge in [0.05, 0.1) is 13.2 Å². The molecule has 0 aliphatic carbocycles. The van der Waals surface area contributed by atoms with Crippen LogP contribution in [0.2, 0.25) is 0 Å². The molecule has 1 unspecified atom stereocenters. The van der Waals surface area contributed by atoms with Gasteiger partial charge < -0.3 is 14.4 Å². The van der Waals surface area contributed by atoms with Crippen molar-refractivity contribution in [1.82, 2.24) is 0 Å². The highest BCUT2D eigenvalue weighted by molar-refractivity contribution is 7.80. The van der Waals surface area contributed by atoms with Crippen LogP contribution in [0.15, 0.2) is 30.6 Å². The summed E-state index contributed by atoms with van der Waals surface area (Å²) in [4.78, 5) is 10.7. The molecule has 126 valence electrons. The fraction of sp³-hybridized carbons (Fsp3) is 0.538. The Bertz CT molecular complexity index is 518. The fourth-order valence-corrected chi connectivity index (χ4v) is 1.68. The van der Waals surface area contributed by atoms with Gasteiger partial charge in [0.25, 0.3) is 0 Å². The lowest BCUT2D eigenvalue weighted by atomic mass is 10.1. The second kappa shape index (κ2) is 11.1. The molecule has 22 heavy (non-hydrogen) atoms. The monoisotopic (exact) mass is 335 g/mol. The smallest absolute Gasteiger partial charge is 0.312 e. The normalized spacial score (nSPS) is 12.1. The maximum atomic E-state index is 10.7. The van der Waals surface area contributed by atoms with E-state index in [9.17, 15) is 17.8 Å². The Kier molecular flexibility index (Phi) is 10.3. The number of methoxy groups -OCH3 is 1. The van der Waals surface area contributed by atoms with E-state index in [2.05, 4.69) is 8.92 Å². The third-order valence-electron chi connectivity index (χ3n) is 2.57. The zero-order valence-corrected chi connectivity index (χ0v) is 13.4. The first-order valence-electron chi connectivity index (χ1n) is 6.56. The molecule has 1 heterocycles. The molecule has 0 aliphatic rings. The standard InChI is InChI=1S/C10H13NO2.C3H8O5S/c1-2-9(10(12)13)8-11-6-4-3-5-7-11;1-7-2-3-8-9(4,5)6/h3-7,9H,2,8H2,1H3;2-3H2,1H3,(H,4,5,6). The number of rotatable bonds is 8. The summed E-state index contributed by atoms with van der Waals surface area (Å²) in [6.45, 7) is 2.32. The van der Waals surface area contributed by atoms with Gasteiger partial charge in [-0.25, -0.2) is 13.0 Å². The van der Waals surface area contributed by atoms with Crippen molar-refractivity contribution in [1.29, 1.82) is 0 Å². The van der Waals surface area contributed by atoms with E-state index in [4.69, 9.17) is 5.11 Å². The summed E-state index contributed by atoms with van der Waals surface area (Å²) in [6, 6.07) is 5.71. The lowest BCUT2D eigenvalue weighted by Gasteiger charge is -2.05. The molecule has 1 aromatic rings. The zero-order valence-electron chi connectivity index (χ0n) is 12.5. The van der Waals surface area contributed by atoms with Crippen LogP contribution in [0.1, 0.15) is 13.3 Å². The quantitative estimate of drug-likeness (QED) is 0.312. The Morgan fingerprint density at radius 1 is 1.27 bits per heavy atom. The van der Waals surface area contributed by atoms with Gasteiger partial charge in [0.1, 0.15) is 5.92 Å². The van der Waals surface area contributed by atoms with E-state index in [-0.39, 0.29) is 19.1 Å². The number of hydrogen-bond donors (Lipinski definition) is 1. The first-order chi connectivity index (χ1) is 10.3. The summed E-state index contributed by atoms with van der Waals surface area (Å²) in [5.74, 6) is -1.01. The number of pyridine rings is 1. The minimum Gasteiger partial charge on any atom is -0.726 e. The van der Waals surface area contributed by atoms with Crippen LogP contribution >= 0.6 is 0 Å². The third-order valence-corrected chi connectivity index (χ3v) is 3.02. The van der Waals surface area contributed by atoms with E-state index < -0.39 is 16.4 Å². The van der Waals surface area contributed by atoms with Crippen molar-refractivity contribution in [2.75, 3.05) is 20.3 Å². The first kappa shape index (κ1) is 20.5. The summed E-state index contributed by atoms with van der Waals surface area (Å²) in [6.07, 6.45) is 4.43. The highest BCUT2D eigenvalue weighted by Gasteiger charge is 2.19. The van der Waals surface area contributed by atoms with E-state index in [0.717, 1.165) is 0 Å². The van der Waals surface area contributed by atoms with Crippen molar-refractivity contribution < 1.29 is 36.4 Å². The predicted molar refractivity (Wildman–Crippen MR) is 75.6 cm³/mol. The van der Waals surface area contributed by atoms with Crippen molar-refractivity contribution >= 4 is 16.4 Å². The van der Waals surface area contributed by atoms with Crippen molar-refractivity contribution in [3.8, 4) is 0 Å². The third kappa shape index (κ3) is 11.1. The number of carbonyl (C=O) groups is 1. The van der Waals surface area contributed by atoms with Crippen LogP contribution in [0, 0.1) is 5.92 Å². The van der Waals surface area contributed by atoms with Gasteiger partial charge in [-0.1, -0.05) is 13.0 Å². The first-order valence-corrected chi connectivity index (χ1v) is 7.89. The number of hydrogen-bond acceptors (Lipinski definition) is 6. The number of nitrogens with zero attached hydrogens (tertiary/aromatic N) is 1. The van der Waals surface area contributed by atoms with Gasteiger partial charge in [0.15, 0.2) is 18.9 Å². The number of carboxylic acid groups (broad SMARTS) is 1. The summed E-state index contributed by atoms with van der Waals surface area (Å²) < 4.78 is 39.1. The number of ether oxygens (including phenoxy) is 1. The molecule has 0 radical (unpaired) electrons. The largest absolute Gasteiger partial charge is 0.726 e. The van der Waals surface area contributed by atoms with Crippen LogP contribution in [0.3, 0.4) is 0 Å². The van der Waals surface area contributed by atoms with Crippen LogP contribution in [0.4, 0.5) is 0 Å². The zero-order chi connectivity index (χ0) is 17.0. The molecule has 1 rings (SSSR count). The Hall–Kier alpha value is -1.55. The van der Waals surface area contributed by atoms with Crippen molar-refractivity contribution in [3.63, 3.8) is 0 Å². The molecule has 9 heteroatoms. The van der Waals surface area contributed by atoms with Gasteiger partial charge in [0.2, 0.25) is 10.4 Å². The summed E-state index contributed by atoms with van der Waals surface area (Å²) in [5, 5.41) is 8.82. The SMILES string of the molecule is CCC(C[n+]1ccccc1)C(=O)O.COCCOS(=O)(=O)[O-]. The molecule has 0 saturated carbocycles. The number of carboxylic acids is 1. The molecule has 0 spiro atoms. The van der Waals surface area contributed by atoms with Crippen molar-refractivity contribution in [3.05, 3.63) is 30.6 Å². The van der Waals surface area contributed by atoms with E-state index >= 15 is 0 Å². The molecule has 1 aromatic heterocycles. The number of aliphatic carboxylic acids is 1. The Morgan fingerprint density at radius 3 is 2.27 bits per heavy atom. The average Bonchev–Trinajstić information content (AvgIpc) is 2.45. The maximum Gasteiger partial charge on any atom is 0.312 e. The second-order valence-electron chi connectivity index (χ2n) is 4.24. The minimum absolute atomic E-state index is 0.0987. The highest BCUT2D eigenvalue weighted by atomic mass is 32.3. The molecule has 1 atom stereocenters. The lowest BCUT2D eigenvalue weighted by Crippen LogP contribution is -2.38. The maximum absolute atomic E-state index is 10.7. The molecule has 0 aliphatic heterocycles. The molecule has 0 amide bonds. The highest BCUT2D eigenvalue weighted by Crippen LogP contribution is 2.01. The predicted octanol–water partition coefficient (Wildman–Crippen LogP) is 0.195. The van der Waals surface area contributed by atoms with Crippen molar-refractivity contribution in [2.24, 2.45) is 5.92 Å². The van der Waals surface area contributed by atoms with E-state index in [1.165, 1.54) is 7.11 Å². The van der Waals surface area contributed by atoms with Gasteiger partial charge in [-0.15, -0.1) is 0 Å². The van der Waals surface area contributed by atoms with E-state index in [1.54, 1.807) is 0 Å². The van der Waals surface area contributed by atoms with Gasteiger partial charge in [-0.05, 0) is 6.42 Å². The fourth-order valence-electron chi connectivity index (χ4n) is 1.41. The molecular weight excluding hydrogens is 314 g/mol. The summed E-state index contributed by atoms with van der Waals surface area (Å²) >= 11 is 0. The lowest BCUT2D eigenvalue weighted by molar-refractivity contribution is -0.701. The van der Waals surface area contributed by atoms with Crippen LogP contribution in [-0.2, 0) is 30.7 Å². The molecule has 0 saturated heterocycles. The minimum atomic E-state index is -4.53. The van der Waals surface area contributed by atoms with Crippen LogP contribution in [0.5, 0.6) is 0 Å². The van der Waals surface area contributed by atoms with Crippen LogP contribution < -0.4 is 4.57 Å². The van der Waals surface area contributed by atoms with Crippen LogP contribution in [-0.4, -0.2) is 44.4 Å². The van der Waals surface area contributed by atoms with Gasteiger partial charge in [-0.3, -0.25) is 8.98 Å². The van der Waals surface area contributed by atoms with Gasteiger partial charge in [0, 0.05) is 19.2 Å². The summed E-state index contributed by atoms with van der Waals surface area (Å²) in [7, 11) is -3.15. The van der Waals surface area contributed by atoms with E-state index in [0.29, 0.717) is 13.0 Å². The molecule has 0 fully saturated rings. The topological polar surface area (TPSA) is 117 Å². The van der Waals surface area contributed by atoms with Gasteiger partial charge in [-0.2, -0.15) is 0 Å². The number of aromatic nitrogens is 1. The molecule has 8 nitrogen and oxygen atoms in total. The van der Waals surface area contributed by atoms with Gasteiger partial charge >= 0.3 is 5.97 Å². The summed E-state index contributed by atoms with van der Waals surface area (Å²) in [5.41, 5.74) is 0. The Morgan fingerprint density at radius 2 is 1.86 bits per heavy atom. The molecule has 1 N–H and O–H groups in total. The molecule has 0 bridgehead atoms. The van der Waals surface area contributed by atoms with Crippen molar-refractivity contribution in [2.45, 2.75) is 19.9 Å². The van der Waals surface area contributed by atoms with Crippen LogP contribution in [0.25, 0.3) is 0 Å². The second-order valence-corrected chi connectivity index (χ2v) is 5.29.